The molecular formula is C12H21NO2. The fourth-order valence-electron chi connectivity index (χ4n) is 2.90. The number of aliphatic hydroxyl groups is 1. The van der Waals surface area contributed by atoms with Crippen molar-refractivity contribution >= 4 is 5.91 Å². The predicted octanol–water partition coefficient (Wildman–Crippen LogP) is 1.41. The molecule has 0 spiro atoms. The molecule has 0 bridgehead atoms. The Hall–Kier alpha value is -0.570. The van der Waals surface area contributed by atoms with Crippen LogP contribution in [0.15, 0.2) is 0 Å². The van der Waals surface area contributed by atoms with Gasteiger partial charge in [0.2, 0.25) is 5.91 Å². The number of amides is 1. The Labute approximate surface area is 91.5 Å². The highest BCUT2D eigenvalue weighted by molar-refractivity contribution is 5.79. The van der Waals surface area contributed by atoms with E-state index in [1.807, 2.05) is 4.90 Å². The Morgan fingerprint density at radius 2 is 2.07 bits per heavy atom. The van der Waals surface area contributed by atoms with Gasteiger partial charge in [0.1, 0.15) is 0 Å². The molecule has 2 aliphatic rings. The van der Waals surface area contributed by atoms with E-state index in [9.17, 15) is 9.90 Å². The lowest BCUT2D eigenvalue weighted by Crippen LogP contribution is -2.45. The van der Waals surface area contributed by atoms with Gasteiger partial charge in [-0.15, -0.1) is 0 Å². The maximum absolute atomic E-state index is 12.2. The maximum Gasteiger partial charge on any atom is 0.226 e. The molecular weight excluding hydrogens is 190 g/mol. The number of piperidine rings is 1. The summed E-state index contributed by atoms with van der Waals surface area (Å²) in [5.41, 5.74) is 0. The molecule has 86 valence electrons. The number of hydrogen-bond donors (Lipinski definition) is 1. The molecule has 0 aromatic heterocycles. The molecule has 2 rings (SSSR count). The highest BCUT2D eigenvalue weighted by atomic mass is 16.3. The van der Waals surface area contributed by atoms with Crippen LogP contribution in [0.25, 0.3) is 0 Å². The van der Waals surface area contributed by atoms with Crippen LogP contribution in [0.3, 0.4) is 0 Å². The number of β-amino-alcohol motifs (C(OH)–C–C–N with tert-alkyl or cyclic N) is 1. The van der Waals surface area contributed by atoms with Crippen molar-refractivity contribution in [1.82, 2.24) is 4.90 Å². The molecule has 3 unspecified atom stereocenters. The second-order valence-corrected chi connectivity index (χ2v) is 5.09. The van der Waals surface area contributed by atoms with Crippen molar-refractivity contribution in [2.24, 2.45) is 11.8 Å². The first kappa shape index (κ1) is 10.9. The van der Waals surface area contributed by atoms with Crippen molar-refractivity contribution in [2.75, 3.05) is 13.1 Å². The van der Waals surface area contributed by atoms with Gasteiger partial charge in [0.15, 0.2) is 0 Å². The Balaban J connectivity index is 1.94. The predicted molar refractivity (Wildman–Crippen MR) is 58.3 cm³/mol. The van der Waals surface area contributed by atoms with Crippen molar-refractivity contribution < 1.29 is 9.90 Å². The highest BCUT2D eigenvalue weighted by Crippen LogP contribution is 2.33. The number of likely N-dealkylation sites (tertiary alicyclic amines) is 1. The van der Waals surface area contributed by atoms with E-state index in [4.69, 9.17) is 0 Å². The molecule has 0 aromatic carbocycles. The Morgan fingerprint density at radius 3 is 2.67 bits per heavy atom. The first-order valence-electron chi connectivity index (χ1n) is 6.15. The summed E-state index contributed by atoms with van der Waals surface area (Å²) >= 11 is 0. The van der Waals surface area contributed by atoms with E-state index in [1.165, 1.54) is 12.8 Å². The van der Waals surface area contributed by atoms with E-state index >= 15 is 0 Å². The third-order valence-corrected chi connectivity index (χ3v) is 3.89. The molecule has 1 N–H and O–H groups in total. The summed E-state index contributed by atoms with van der Waals surface area (Å²) in [5, 5.41) is 9.54. The highest BCUT2D eigenvalue weighted by Gasteiger charge is 2.34. The average Bonchev–Trinajstić information content (AvgIpc) is 2.63. The van der Waals surface area contributed by atoms with Crippen LogP contribution in [0.5, 0.6) is 0 Å². The number of carbonyl (C=O) groups excluding carboxylic acids is 1. The Kier molecular flexibility index (Phi) is 3.29. The van der Waals surface area contributed by atoms with Gasteiger partial charge in [0, 0.05) is 19.0 Å². The van der Waals surface area contributed by atoms with Crippen LogP contribution in [0.1, 0.15) is 39.0 Å². The molecule has 1 aliphatic heterocycles. The van der Waals surface area contributed by atoms with Crippen LogP contribution in [0, 0.1) is 11.8 Å². The molecule has 1 saturated carbocycles. The van der Waals surface area contributed by atoms with E-state index in [-0.39, 0.29) is 12.0 Å². The normalized spacial score (nSPS) is 36.9. The van der Waals surface area contributed by atoms with Crippen LogP contribution < -0.4 is 0 Å². The minimum atomic E-state index is -0.292. The van der Waals surface area contributed by atoms with Gasteiger partial charge in [0.25, 0.3) is 0 Å². The summed E-state index contributed by atoms with van der Waals surface area (Å²) in [4.78, 5) is 14.0. The summed E-state index contributed by atoms with van der Waals surface area (Å²) in [7, 11) is 0. The molecule has 3 nitrogen and oxygen atoms in total. The molecule has 3 heteroatoms. The number of nitrogens with zero attached hydrogens (tertiary/aromatic N) is 1. The summed E-state index contributed by atoms with van der Waals surface area (Å²) in [6.07, 6.45) is 4.94. The fourth-order valence-corrected chi connectivity index (χ4v) is 2.90. The van der Waals surface area contributed by atoms with Gasteiger partial charge in [-0.3, -0.25) is 4.79 Å². The van der Waals surface area contributed by atoms with Crippen LogP contribution in [0.2, 0.25) is 0 Å². The average molecular weight is 211 g/mol. The van der Waals surface area contributed by atoms with E-state index in [1.54, 1.807) is 0 Å². The summed E-state index contributed by atoms with van der Waals surface area (Å²) in [6, 6.07) is 0. The quantitative estimate of drug-likeness (QED) is 0.712. The van der Waals surface area contributed by atoms with Gasteiger partial charge in [-0.05, 0) is 31.6 Å². The summed E-state index contributed by atoms with van der Waals surface area (Å²) < 4.78 is 0. The second-order valence-electron chi connectivity index (χ2n) is 5.09. The van der Waals surface area contributed by atoms with Crippen LogP contribution >= 0.6 is 0 Å². The number of carbonyl (C=O) groups is 1. The smallest absolute Gasteiger partial charge is 0.226 e. The van der Waals surface area contributed by atoms with Gasteiger partial charge in [-0.25, -0.2) is 0 Å². The largest absolute Gasteiger partial charge is 0.391 e. The number of hydrogen-bond acceptors (Lipinski definition) is 2. The van der Waals surface area contributed by atoms with Gasteiger partial charge in [-0.2, -0.15) is 0 Å². The minimum Gasteiger partial charge on any atom is -0.391 e. The van der Waals surface area contributed by atoms with Gasteiger partial charge < -0.3 is 10.0 Å². The first-order chi connectivity index (χ1) is 7.18. The fraction of sp³-hybridized carbons (Fsp3) is 0.917. The lowest BCUT2D eigenvalue weighted by molar-refractivity contribution is -0.139. The third kappa shape index (κ3) is 2.33. The molecule has 1 amide bonds. The molecule has 0 radical (unpaired) electrons. The standard InChI is InChI=1S/C12H21NO2/c1-9-4-2-6-11(9)12(15)13-7-3-5-10(14)8-13/h9-11,14H,2-8H2,1H3. The van der Waals surface area contributed by atoms with Crippen LogP contribution in [-0.4, -0.2) is 35.1 Å². The molecule has 2 fully saturated rings. The first-order valence-corrected chi connectivity index (χ1v) is 6.15. The zero-order valence-electron chi connectivity index (χ0n) is 9.48. The molecule has 1 aliphatic carbocycles. The summed E-state index contributed by atoms with van der Waals surface area (Å²) in [6.45, 7) is 3.58. The van der Waals surface area contributed by atoms with Gasteiger partial charge >= 0.3 is 0 Å². The van der Waals surface area contributed by atoms with Crippen molar-refractivity contribution in [3.63, 3.8) is 0 Å². The second kappa shape index (κ2) is 4.52. The third-order valence-electron chi connectivity index (χ3n) is 3.89. The molecule has 3 atom stereocenters. The van der Waals surface area contributed by atoms with Crippen molar-refractivity contribution in [3.05, 3.63) is 0 Å². The zero-order valence-corrected chi connectivity index (χ0v) is 9.48. The van der Waals surface area contributed by atoms with Gasteiger partial charge in [-0.1, -0.05) is 13.3 Å². The van der Waals surface area contributed by atoms with Crippen molar-refractivity contribution in [2.45, 2.75) is 45.1 Å². The number of aliphatic hydroxyl groups excluding tert-OH is 1. The van der Waals surface area contributed by atoms with E-state index in [0.29, 0.717) is 18.4 Å². The lowest BCUT2D eigenvalue weighted by atomic mass is 9.95. The Bertz CT molecular complexity index is 242. The van der Waals surface area contributed by atoms with E-state index in [0.717, 1.165) is 25.8 Å². The minimum absolute atomic E-state index is 0.232. The molecule has 1 saturated heterocycles. The SMILES string of the molecule is CC1CCCC1C(=O)N1CCCC(O)C1. The molecule has 0 aromatic rings. The lowest BCUT2D eigenvalue weighted by Gasteiger charge is -2.33. The monoisotopic (exact) mass is 211 g/mol. The van der Waals surface area contributed by atoms with E-state index in [2.05, 4.69) is 6.92 Å². The van der Waals surface area contributed by atoms with Crippen LogP contribution in [0.4, 0.5) is 0 Å². The zero-order chi connectivity index (χ0) is 10.8. The van der Waals surface area contributed by atoms with Crippen molar-refractivity contribution in [3.8, 4) is 0 Å². The van der Waals surface area contributed by atoms with E-state index < -0.39 is 0 Å². The Morgan fingerprint density at radius 1 is 1.27 bits per heavy atom. The van der Waals surface area contributed by atoms with Crippen molar-refractivity contribution in [1.29, 1.82) is 0 Å². The van der Waals surface area contributed by atoms with Crippen LogP contribution in [-0.2, 0) is 4.79 Å². The molecule has 1 heterocycles. The maximum atomic E-state index is 12.2. The number of rotatable bonds is 1. The van der Waals surface area contributed by atoms with Gasteiger partial charge in [0.05, 0.1) is 6.10 Å². The molecule has 15 heavy (non-hydrogen) atoms. The summed E-state index contributed by atoms with van der Waals surface area (Å²) in [5.74, 6) is 1.06. The topological polar surface area (TPSA) is 40.5 Å².